The molecule has 9 heteroatoms. The zero-order valence-electron chi connectivity index (χ0n) is 14.0. The van der Waals surface area contributed by atoms with Crippen LogP contribution in [0.3, 0.4) is 0 Å². The zero-order chi connectivity index (χ0) is 18.9. The molecule has 0 atom stereocenters. The highest BCUT2D eigenvalue weighted by Gasteiger charge is 2.32. The van der Waals surface area contributed by atoms with Crippen LogP contribution in [0.5, 0.6) is 0 Å². The molecule has 0 aliphatic heterocycles. The molecule has 0 aliphatic carbocycles. The Hall–Kier alpha value is -2.94. The summed E-state index contributed by atoms with van der Waals surface area (Å²) in [4.78, 5) is 11.5. The summed E-state index contributed by atoms with van der Waals surface area (Å²) in [6.45, 7) is 3.26. The lowest BCUT2D eigenvalue weighted by atomic mass is 10.1. The maximum atomic E-state index is 12.7. The van der Waals surface area contributed by atoms with Crippen molar-refractivity contribution in [3.63, 3.8) is 0 Å². The monoisotopic (exact) mass is 363 g/mol. The number of nitrogens with one attached hydrogen (secondary N) is 1. The molecule has 0 unspecified atom stereocenters. The molecule has 0 saturated carbocycles. The van der Waals surface area contributed by atoms with E-state index in [0.29, 0.717) is 17.1 Å². The number of hydrogen-bond acceptors (Lipinski definition) is 5. The molecule has 0 radical (unpaired) electrons. The molecule has 0 saturated heterocycles. The van der Waals surface area contributed by atoms with Gasteiger partial charge in [0.25, 0.3) is 0 Å². The summed E-state index contributed by atoms with van der Waals surface area (Å²) in [5.74, 6) is -0.153. The first kappa shape index (κ1) is 17.9. The summed E-state index contributed by atoms with van der Waals surface area (Å²) in [5, 5.41) is 12.8. The molecule has 6 nitrogen and oxygen atoms in total. The molecule has 136 valence electrons. The number of aliphatic hydroxyl groups is 1. The lowest BCUT2D eigenvalue weighted by Crippen LogP contribution is -2.15. The van der Waals surface area contributed by atoms with Crippen molar-refractivity contribution in [2.75, 3.05) is 5.32 Å². The van der Waals surface area contributed by atoms with Gasteiger partial charge in [-0.15, -0.1) is 0 Å². The van der Waals surface area contributed by atoms with E-state index in [1.807, 2.05) is 0 Å². The highest BCUT2D eigenvalue weighted by molar-refractivity contribution is 5.57. The molecule has 3 rings (SSSR count). The third-order valence-electron chi connectivity index (χ3n) is 3.56. The average Bonchev–Trinajstić information content (AvgIpc) is 3.05. The van der Waals surface area contributed by atoms with E-state index < -0.39 is 17.5 Å². The van der Waals surface area contributed by atoms with Gasteiger partial charge in [-0.1, -0.05) is 6.07 Å². The lowest BCUT2D eigenvalue weighted by Gasteiger charge is -2.13. The molecular weight excluding hydrogens is 347 g/mol. The van der Waals surface area contributed by atoms with Gasteiger partial charge in [-0.25, -0.2) is 15.0 Å². The SMILES string of the molecule is CC(C)(O)c1cn(-c2cccc(Nc3nccc(C(F)(F)F)n3)c2)cn1. The number of anilines is 2. The van der Waals surface area contributed by atoms with Gasteiger partial charge < -0.3 is 15.0 Å². The highest BCUT2D eigenvalue weighted by Crippen LogP contribution is 2.28. The number of rotatable bonds is 4. The summed E-state index contributed by atoms with van der Waals surface area (Å²) in [5.41, 5.74) is -0.370. The summed E-state index contributed by atoms with van der Waals surface area (Å²) in [6.07, 6.45) is -0.258. The van der Waals surface area contributed by atoms with Crippen LogP contribution >= 0.6 is 0 Å². The normalized spacial score (nSPS) is 12.2. The molecule has 2 aromatic heterocycles. The van der Waals surface area contributed by atoms with E-state index in [-0.39, 0.29) is 5.95 Å². The number of halogens is 3. The van der Waals surface area contributed by atoms with Gasteiger partial charge in [-0.2, -0.15) is 13.2 Å². The fourth-order valence-corrected chi connectivity index (χ4v) is 2.23. The Morgan fingerprint density at radius 2 is 1.85 bits per heavy atom. The maximum absolute atomic E-state index is 12.7. The summed E-state index contributed by atoms with van der Waals surface area (Å²) < 4.78 is 39.9. The molecule has 0 aliphatic rings. The van der Waals surface area contributed by atoms with E-state index in [1.165, 1.54) is 0 Å². The molecule has 0 bridgehead atoms. The van der Waals surface area contributed by atoms with E-state index in [2.05, 4.69) is 20.3 Å². The van der Waals surface area contributed by atoms with E-state index in [9.17, 15) is 18.3 Å². The van der Waals surface area contributed by atoms with Crippen LogP contribution in [0.2, 0.25) is 0 Å². The Morgan fingerprint density at radius 3 is 2.50 bits per heavy atom. The van der Waals surface area contributed by atoms with E-state index in [0.717, 1.165) is 12.3 Å². The summed E-state index contributed by atoms with van der Waals surface area (Å²) in [7, 11) is 0. The van der Waals surface area contributed by atoms with Crippen molar-refractivity contribution in [3.05, 3.63) is 60.4 Å². The van der Waals surface area contributed by atoms with Crippen LogP contribution in [0.4, 0.5) is 24.8 Å². The first-order valence-electron chi connectivity index (χ1n) is 7.67. The highest BCUT2D eigenvalue weighted by atomic mass is 19.4. The van der Waals surface area contributed by atoms with Crippen LogP contribution in [0.25, 0.3) is 5.69 Å². The van der Waals surface area contributed by atoms with Crippen LogP contribution in [-0.2, 0) is 11.8 Å². The number of alkyl halides is 3. The van der Waals surface area contributed by atoms with Gasteiger partial charge >= 0.3 is 6.18 Å². The van der Waals surface area contributed by atoms with Crippen molar-refractivity contribution in [1.29, 1.82) is 0 Å². The Morgan fingerprint density at radius 1 is 1.08 bits per heavy atom. The van der Waals surface area contributed by atoms with Gasteiger partial charge in [0.1, 0.15) is 11.3 Å². The van der Waals surface area contributed by atoms with Gasteiger partial charge in [0.05, 0.1) is 12.0 Å². The van der Waals surface area contributed by atoms with E-state index in [1.54, 1.807) is 55.2 Å². The van der Waals surface area contributed by atoms with Crippen LogP contribution in [0.15, 0.2) is 49.1 Å². The number of imidazole rings is 1. The molecular formula is C17H16F3N5O. The second-order valence-electron chi connectivity index (χ2n) is 6.16. The molecule has 26 heavy (non-hydrogen) atoms. The quantitative estimate of drug-likeness (QED) is 0.740. The Bertz CT molecular complexity index is 915. The molecule has 1 aromatic carbocycles. The molecule has 3 aromatic rings. The minimum absolute atomic E-state index is 0.153. The number of benzene rings is 1. The predicted octanol–water partition coefficient (Wildman–Crippen LogP) is 3.65. The smallest absolute Gasteiger partial charge is 0.384 e. The molecule has 0 spiro atoms. The maximum Gasteiger partial charge on any atom is 0.433 e. The van der Waals surface area contributed by atoms with Crippen molar-refractivity contribution in [3.8, 4) is 5.69 Å². The first-order chi connectivity index (χ1) is 12.1. The number of hydrogen-bond donors (Lipinski definition) is 2. The van der Waals surface area contributed by atoms with Gasteiger partial charge in [0.2, 0.25) is 5.95 Å². The van der Waals surface area contributed by atoms with Crippen LogP contribution in [-0.4, -0.2) is 24.6 Å². The lowest BCUT2D eigenvalue weighted by molar-refractivity contribution is -0.141. The van der Waals surface area contributed by atoms with Crippen molar-refractivity contribution >= 4 is 11.6 Å². The van der Waals surface area contributed by atoms with Crippen molar-refractivity contribution in [2.24, 2.45) is 0 Å². The van der Waals surface area contributed by atoms with Crippen molar-refractivity contribution in [1.82, 2.24) is 19.5 Å². The minimum Gasteiger partial charge on any atom is -0.384 e. The first-order valence-corrected chi connectivity index (χ1v) is 7.67. The van der Waals surface area contributed by atoms with Crippen molar-refractivity contribution < 1.29 is 18.3 Å². The Balaban J connectivity index is 1.85. The van der Waals surface area contributed by atoms with Gasteiger partial charge in [-0.3, -0.25) is 0 Å². The van der Waals surface area contributed by atoms with Crippen LogP contribution in [0.1, 0.15) is 25.2 Å². The Kier molecular flexibility index (Phi) is 4.41. The molecule has 2 N–H and O–H groups in total. The average molecular weight is 363 g/mol. The molecule has 2 heterocycles. The van der Waals surface area contributed by atoms with Crippen LogP contribution < -0.4 is 5.32 Å². The fourth-order valence-electron chi connectivity index (χ4n) is 2.23. The topological polar surface area (TPSA) is 75.9 Å². The second kappa shape index (κ2) is 6.41. The standard InChI is InChI=1S/C17H16F3N5O/c1-16(2,26)14-9-25(10-22-14)12-5-3-4-11(8-12)23-15-21-7-6-13(24-15)17(18,19)20/h3-10,26H,1-2H3,(H,21,23,24). The summed E-state index contributed by atoms with van der Waals surface area (Å²) >= 11 is 0. The molecule has 0 amide bonds. The number of aromatic nitrogens is 4. The van der Waals surface area contributed by atoms with Gasteiger partial charge in [0, 0.05) is 23.8 Å². The largest absolute Gasteiger partial charge is 0.433 e. The van der Waals surface area contributed by atoms with Crippen LogP contribution in [0, 0.1) is 0 Å². The third-order valence-corrected chi connectivity index (χ3v) is 3.56. The second-order valence-corrected chi connectivity index (χ2v) is 6.16. The minimum atomic E-state index is -4.54. The Labute approximate surface area is 147 Å². The van der Waals surface area contributed by atoms with Gasteiger partial charge in [-0.05, 0) is 38.1 Å². The van der Waals surface area contributed by atoms with E-state index in [4.69, 9.17) is 0 Å². The zero-order valence-corrected chi connectivity index (χ0v) is 14.0. The summed E-state index contributed by atoms with van der Waals surface area (Å²) in [6, 6.07) is 7.73. The predicted molar refractivity (Wildman–Crippen MR) is 89.1 cm³/mol. The number of nitrogens with zero attached hydrogens (tertiary/aromatic N) is 4. The molecule has 0 fully saturated rings. The van der Waals surface area contributed by atoms with E-state index >= 15 is 0 Å². The fraction of sp³-hybridized carbons (Fsp3) is 0.235. The third kappa shape index (κ3) is 3.99. The van der Waals surface area contributed by atoms with Gasteiger partial charge in [0.15, 0.2) is 0 Å². The van der Waals surface area contributed by atoms with Crippen molar-refractivity contribution in [2.45, 2.75) is 25.6 Å².